The summed E-state index contributed by atoms with van der Waals surface area (Å²) in [4.78, 5) is 12.6. The summed E-state index contributed by atoms with van der Waals surface area (Å²) in [6.07, 6.45) is 7.48. The number of carbonyl (C=O) groups excluding carboxylic acids is 1. The van der Waals surface area contributed by atoms with E-state index in [0.717, 1.165) is 35.7 Å². The maximum Gasteiger partial charge on any atom is 0.264 e. The van der Waals surface area contributed by atoms with Crippen LogP contribution in [0.2, 0.25) is 0 Å². The van der Waals surface area contributed by atoms with Gasteiger partial charge in [-0.2, -0.15) is 0 Å². The molecule has 32 heavy (non-hydrogen) atoms. The molecule has 172 valence electrons. The first-order valence-electron chi connectivity index (χ1n) is 10.9. The Morgan fingerprint density at radius 2 is 1.81 bits per heavy atom. The zero-order chi connectivity index (χ0) is 23.0. The Labute approximate surface area is 189 Å². The number of nitrogens with zero attached hydrogens (tertiary/aromatic N) is 1. The highest BCUT2D eigenvalue weighted by atomic mass is 32.2. The SMILES string of the molecule is CCOc1ccc(N(CC(=O)NCCC2=CCCCC2)S(=O)(=O)c2ccc(F)cc2)cc1. The van der Waals surface area contributed by atoms with E-state index in [1.807, 2.05) is 6.92 Å². The molecule has 0 atom stereocenters. The van der Waals surface area contributed by atoms with Gasteiger partial charge in [0.15, 0.2) is 0 Å². The van der Waals surface area contributed by atoms with E-state index >= 15 is 0 Å². The zero-order valence-corrected chi connectivity index (χ0v) is 19.0. The summed E-state index contributed by atoms with van der Waals surface area (Å²) in [6, 6.07) is 11.0. The molecule has 2 aromatic rings. The lowest BCUT2D eigenvalue weighted by Crippen LogP contribution is -2.41. The molecule has 3 rings (SSSR count). The molecule has 1 N–H and O–H groups in total. The van der Waals surface area contributed by atoms with Crippen LogP contribution in [0.1, 0.15) is 39.0 Å². The summed E-state index contributed by atoms with van der Waals surface area (Å²) >= 11 is 0. The predicted octanol–water partition coefficient (Wildman–Crippen LogP) is 4.43. The highest BCUT2D eigenvalue weighted by molar-refractivity contribution is 7.92. The minimum atomic E-state index is -4.08. The molecule has 0 aromatic heterocycles. The number of anilines is 1. The fourth-order valence-corrected chi connectivity index (χ4v) is 5.03. The summed E-state index contributed by atoms with van der Waals surface area (Å²) in [7, 11) is -4.08. The summed E-state index contributed by atoms with van der Waals surface area (Å²) in [5.74, 6) is -0.340. The Morgan fingerprint density at radius 1 is 1.09 bits per heavy atom. The van der Waals surface area contributed by atoms with Crippen LogP contribution in [-0.2, 0) is 14.8 Å². The molecule has 0 bridgehead atoms. The maximum atomic E-state index is 13.3. The average molecular weight is 461 g/mol. The van der Waals surface area contributed by atoms with Gasteiger partial charge in [-0.15, -0.1) is 0 Å². The number of hydrogen-bond acceptors (Lipinski definition) is 4. The van der Waals surface area contributed by atoms with Crippen LogP contribution in [0.5, 0.6) is 5.75 Å². The molecule has 0 unspecified atom stereocenters. The standard InChI is InChI=1S/C24H29FN2O4S/c1-2-31-22-12-10-21(11-13-22)27(32(29,30)23-14-8-20(25)9-15-23)18-24(28)26-17-16-19-6-4-3-5-7-19/h6,8-15H,2-5,7,16-18H2,1H3,(H,26,28). The second kappa shape index (κ2) is 11.1. The number of amides is 1. The Kier molecular flexibility index (Phi) is 8.27. The number of benzene rings is 2. The second-order valence-electron chi connectivity index (χ2n) is 7.60. The second-order valence-corrected chi connectivity index (χ2v) is 9.46. The summed E-state index contributed by atoms with van der Waals surface area (Å²) in [6.45, 7) is 2.41. The van der Waals surface area contributed by atoms with Crippen molar-refractivity contribution in [3.8, 4) is 5.75 Å². The largest absolute Gasteiger partial charge is 0.494 e. The Bertz CT molecular complexity index is 1030. The van der Waals surface area contributed by atoms with Crippen molar-refractivity contribution >= 4 is 21.6 Å². The maximum absolute atomic E-state index is 13.3. The van der Waals surface area contributed by atoms with Crippen molar-refractivity contribution in [1.82, 2.24) is 5.32 Å². The first-order chi connectivity index (χ1) is 15.4. The molecule has 0 fully saturated rings. The van der Waals surface area contributed by atoms with Crippen LogP contribution < -0.4 is 14.4 Å². The highest BCUT2D eigenvalue weighted by Gasteiger charge is 2.27. The topological polar surface area (TPSA) is 75.7 Å². The minimum Gasteiger partial charge on any atom is -0.494 e. The molecule has 1 aliphatic rings. The van der Waals surface area contributed by atoms with Crippen molar-refractivity contribution in [1.29, 1.82) is 0 Å². The predicted molar refractivity (Wildman–Crippen MR) is 123 cm³/mol. The Morgan fingerprint density at radius 3 is 2.44 bits per heavy atom. The first-order valence-corrected chi connectivity index (χ1v) is 12.3. The molecular formula is C24H29FN2O4S. The number of rotatable bonds is 10. The average Bonchev–Trinajstić information content (AvgIpc) is 2.79. The zero-order valence-electron chi connectivity index (χ0n) is 18.2. The molecule has 0 aliphatic heterocycles. The van der Waals surface area contributed by atoms with Gasteiger partial charge in [-0.3, -0.25) is 9.10 Å². The molecule has 0 spiro atoms. The molecule has 2 aromatic carbocycles. The van der Waals surface area contributed by atoms with Gasteiger partial charge in [0.05, 0.1) is 17.2 Å². The molecule has 6 nitrogen and oxygen atoms in total. The van der Waals surface area contributed by atoms with Crippen LogP contribution in [0.25, 0.3) is 0 Å². The van der Waals surface area contributed by atoms with Crippen LogP contribution in [0.4, 0.5) is 10.1 Å². The Hall–Kier alpha value is -2.87. The molecule has 0 saturated carbocycles. The van der Waals surface area contributed by atoms with Crippen molar-refractivity contribution in [2.45, 2.75) is 43.9 Å². The van der Waals surface area contributed by atoms with E-state index < -0.39 is 21.7 Å². The van der Waals surface area contributed by atoms with Gasteiger partial charge in [-0.1, -0.05) is 11.6 Å². The van der Waals surface area contributed by atoms with Crippen molar-refractivity contribution in [3.63, 3.8) is 0 Å². The molecule has 1 aliphatic carbocycles. The van der Waals surface area contributed by atoms with Crippen LogP contribution in [-0.4, -0.2) is 34.0 Å². The lowest BCUT2D eigenvalue weighted by molar-refractivity contribution is -0.119. The van der Waals surface area contributed by atoms with E-state index in [-0.39, 0.29) is 11.4 Å². The van der Waals surface area contributed by atoms with Crippen LogP contribution >= 0.6 is 0 Å². The molecular weight excluding hydrogens is 431 g/mol. The third-order valence-corrected chi connectivity index (χ3v) is 7.07. The van der Waals surface area contributed by atoms with Gasteiger partial charge < -0.3 is 10.1 Å². The molecule has 1 amide bonds. The number of carbonyl (C=O) groups is 1. The number of nitrogens with one attached hydrogen (secondary N) is 1. The van der Waals surface area contributed by atoms with E-state index in [9.17, 15) is 17.6 Å². The number of ether oxygens (including phenoxy) is 1. The molecule has 0 saturated heterocycles. The van der Waals surface area contributed by atoms with Gasteiger partial charge in [-0.25, -0.2) is 12.8 Å². The van der Waals surface area contributed by atoms with E-state index in [2.05, 4.69) is 11.4 Å². The highest BCUT2D eigenvalue weighted by Crippen LogP contribution is 2.26. The number of allylic oxidation sites excluding steroid dienone is 1. The summed E-state index contributed by atoms with van der Waals surface area (Å²) < 4.78 is 46.4. The smallest absolute Gasteiger partial charge is 0.264 e. The molecule has 0 heterocycles. The van der Waals surface area contributed by atoms with Crippen molar-refractivity contribution < 1.29 is 22.3 Å². The number of hydrogen-bond donors (Lipinski definition) is 1. The van der Waals surface area contributed by atoms with Gasteiger partial charge in [0.2, 0.25) is 5.91 Å². The lowest BCUT2D eigenvalue weighted by atomic mass is 9.97. The number of sulfonamides is 1. The van der Waals surface area contributed by atoms with E-state index in [1.165, 1.54) is 30.5 Å². The van der Waals surface area contributed by atoms with Gasteiger partial charge in [0.1, 0.15) is 18.1 Å². The normalized spacial score (nSPS) is 13.9. The monoisotopic (exact) mass is 460 g/mol. The Balaban J connectivity index is 1.77. The van der Waals surface area contributed by atoms with Gasteiger partial charge >= 0.3 is 0 Å². The minimum absolute atomic E-state index is 0.0899. The fraction of sp³-hybridized carbons (Fsp3) is 0.375. The van der Waals surface area contributed by atoms with Crippen molar-refractivity contribution in [2.24, 2.45) is 0 Å². The van der Waals surface area contributed by atoms with Gasteiger partial charge in [0.25, 0.3) is 10.0 Å². The summed E-state index contributed by atoms with van der Waals surface area (Å²) in [5.41, 5.74) is 1.65. The fourth-order valence-electron chi connectivity index (χ4n) is 3.60. The van der Waals surface area contributed by atoms with E-state index in [4.69, 9.17) is 4.74 Å². The third kappa shape index (κ3) is 6.32. The van der Waals surface area contributed by atoms with E-state index in [1.54, 1.807) is 24.3 Å². The van der Waals surface area contributed by atoms with Crippen molar-refractivity contribution in [2.75, 3.05) is 24.0 Å². The first kappa shape index (κ1) is 23.8. The van der Waals surface area contributed by atoms with E-state index in [0.29, 0.717) is 24.6 Å². The van der Waals surface area contributed by atoms with Gasteiger partial charge in [-0.05, 0) is 87.6 Å². The third-order valence-electron chi connectivity index (χ3n) is 5.28. The molecule has 0 radical (unpaired) electrons. The van der Waals surface area contributed by atoms with Crippen molar-refractivity contribution in [3.05, 3.63) is 66.0 Å². The lowest BCUT2D eigenvalue weighted by Gasteiger charge is -2.24. The number of halogens is 1. The van der Waals surface area contributed by atoms with Crippen LogP contribution in [0, 0.1) is 5.82 Å². The van der Waals surface area contributed by atoms with Crippen LogP contribution in [0.3, 0.4) is 0 Å². The molecule has 8 heteroatoms. The quantitative estimate of drug-likeness (QED) is 0.533. The van der Waals surface area contributed by atoms with Gasteiger partial charge in [0, 0.05) is 6.54 Å². The summed E-state index contributed by atoms with van der Waals surface area (Å²) in [5, 5.41) is 2.82. The van der Waals surface area contributed by atoms with Crippen LogP contribution in [0.15, 0.2) is 65.1 Å².